The summed E-state index contributed by atoms with van der Waals surface area (Å²) in [6, 6.07) is 12.6. The average Bonchev–Trinajstić information content (AvgIpc) is 2.60. The van der Waals surface area contributed by atoms with Crippen LogP contribution in [0.25, 0.3) is 0 Å². The molecule has 0 saturated carbocycles. The number of benzene rings is 2. The second-order valence-electron chi connectivity index (χ2n) is 6.86. The zero-order valence-corrected chi connectivity index (χ0v) is 16.6. The Balaban J connectivity index is 2.33. The van der Waals surface area contributed by atoms with Crippen LogP contribution in [0.1, 0.15) is 54.9 Å². The van der Waals surface area contributed by atoms with Gasteiger partial charge in [0, 0.05) is 17.0 Å². The van der Waals surface area contributed by atoms with Crippen LogP contribution in [0.15, 0.2) is 36.4 Å². The summed E-state index contributed by atoms with van der Waals surface area (Å²) in [7, 11) is 1.98. The Kier molecular flexibility index (Phi) is 7.80. The van der Waals surface area contributed by atoms with Gasteiger partial charge in [-0.15, -0.1) is 0 Å². The van der Waals surface area contributed by atoms with E-state index in [1.54, 1.807) is 0 Å². The monoisotopic (exact) mass is 359 g/mol. The fourth-order valence-electron chi connectivity index (χ4n) is 2.99. The lowest BCUT2D eigenvalue weighted by Crippen LogP contribution is -2.11. The second kappa shape index (κ2) is 9.84. The summed E-state index contributed by atoms with van der Waals surface area (Å²) in [5.41, 5.74) is 4.83. The number of rotatable bonds is 9. The van der Waals surface area contributed by atoms with E-state index in [4.69, 9.17) is 16.3 Å². The molecule has 2 rings (SSSR count). The van der Waals surface area contributed by atoms with E-state index in [9.17, 15) is 0 Å². The molecule has 1 N–H and O–H groups in total. The van der Waals surface area contributed by atoms with Crippen LogP contribution in [0.5, 0.6) is 5.75 Å². The fraction of sp³-hybridized carbons (Fsp3) is 0.455. The first-order chi connectivity index (χ1) is 12.0. The molecule has 0 saturated heterocycles. The summed E-state index contributed by atoms with van der Waals surface area (Å²) < 4.78 is 6.30. The van der Waals surface area contributed by atoms with Crippen molar-refractivity contribution in [2.45, 2.75) is 46.0 Å². The highest BCUT2D eigenvalue weighted by Gasteiger charge is 2.18. The van der Waals surface area contributed by atoms with Gasteiger partial charge < -0.3 is 10.1 Å². The van der Waals surface area contributed by atoms with Gasteiger partial charge in [0.05, 0.1) is 6.61 Å². The molecule has 25 heavy (non-hydrogen) atoms. The van der Waals surface area contributed by atoms with Gasteiger partial charge in [-0.3, -0.25) is 0 Å². The van der Waals surface area contributed by atoms with Crippen LogP contribution in [0.4, 0.5) is 0 Å². The Morgan fingerprint density at radius 3 is 2.48 bits per heavy atom. The van der Waals surface area contributed by atoms with Crippen molar-refractivity contribution in [1.29, 1.82) is 0 Å². The van der Waals surface area contributed by atoms with E-state index in [2.05, 4.69) is 56.4 Å². The molecule has 136 valence electrons. The lowest BCUT2D eigenvalue weighted by atomic mass is 9.92. The Morgan fingerprint density at radius 1 is 1.12 bits per heavy atom. The molecule has 0 aliphatic carbocycles. The van der Waals surface area contributed by atoms with Crippen LogP contribution < -0.4 is 10.1 Å². The number of unbranched alkanes of at least 4 members (excludes halogenated alkanes) is 1. The third kappa shape index (κ3) is 5.49. The molecule has 0 bridgehead atoms. The molecule has 0 fully saturated rings. The molecule has 0 amide bonds. The number of halogens is 1. The van der Waals surface area contributed by atoms with Crippen LogP contribution in [0.2, 0.25) is 5.02 Å². The molecule has 0 spiro atoms. The largest absolute Gasteiger partial charge is 0.493 e. The van der Waals surface area contributed by atoms with Crippen LogP contribution >= 0.6 is 11.6 Å². The van der Waals surface area contributed by atoms with E-state index in [0.717, 1.165) is 48.7 Å². The van der Waals surface area contributed by atoms with E-state index in [1.165, 1.54) is 16.7 Å². The van der Waals surface area contributed by atoms with Crippen LogP contribution in [-0.2, 0) is 6.42 Å². The zero-order chi connectivity index (χ0) is 18.2. The van der Waals surface area contributed by atoms with E-state index >= 15 is 0 Å². The number of ether oxygens (including phenoxy) is 1. The highest BCUT2D eigenvalue weighted by molar-refractivity contribution is 6.31. The van der Waals surface area contributed by atoms with E-state index in [0.29, 0.717) is 5.92 Å². The molecule has 0 atom stereocenters. The molecule has 2 aromatic carbocycles. The summed E-state index contributed by atoms with van der Waals surface area (Å²) in [6.45, 7) is 8.25. The molecule has 2 nitrogen and oxygen atoms in total. The second-order valence-corrected chi connectivity index (χ2v) is 7.26. The minimum Gasteiger partial charge on any atom is -0.493 e. The van der Waals surface area contributed by atoms with Crippen molar-refractivity contribution in [2.75, 3.05) is 20.2 Å². The Hall–Kier alpha value is -1.51. The maximum atomic E-state index is 6.54. The standard InChI is InChI=1S/C22H30ClNO/c1-16(2)19-15-21(23)17(3)20(14-18-10-6-5-7-11-18)22(19)25-13-9-8-12-24-4/h5-7,10-11,15-16,24H,8-9,12-14H2,1-4H3. The van der Waals surface area contributed by atoms with Crippen molar-refractivity contribution in [1.82, 2.24) is 5.32 Å². The summed E-state index contributed by atoms with van der Waals surface area (Å²) >= 11 is 6.54. The Bertz CT molecular complexity index is 667. The van der Waals surface area contributed by atoms with Crippen molar-refractivity contribution in [3.8, 4) is 5.75 Å². The summed E-state index contributed by atoms with van der Waals surface area (Å²) in [5, 5.41) is 4.01. The first-order valence-corrected chi connectivity index (χ1v) is 9.55. The molecule has 0 aliphatic heterocycles. The van der Waals surface area contributed by atoms with Gasteiger partial charge in [-0.1, -0.05) is 55.8 Å². The smallest absolute Gasteiger partial charge is 0.126 e. The molecule has 0 heterocycles. The summed E-state index contributed by atoms with van der Waals surface area (Å²) in [6.07, 6.45) is 3.01. The van der Waals surface area contributed by atoms with Crippen molar-refractivity contribution in [2.24, 2.45) is 0 Å². The number of hydrogen-bond acceptors (Lipinski definition) is 2. The van der Waals surface area contributed by atoms with Crippen LogP contribution in [-0.4, -0.2) is 20.2 Å². The number of hydrogen-bond donors (Lipinski definition) is 1. The van der Waals surface area contributed by atoms with Gasteiger partial charge >= 0.3 is 0 Å². The average molecular weight is 360 g/mol. The Labute approximate surface area is 157 Å². The summed E-state index contributed by atoms with van der Waals surface area (Å²) in [5.74, 6) is 1.41. The number of nitrogens with one attached hydrogen (secondary N) is 1. The Morgan fingerprint density at radius 2 is 1.84 bits per heavy atom. The van der Waals surface area contributed by atoms with Crippen molar-refractivity contribution < 1.29 is 4.74 Å². The topological polar surface area (TPSA) is 21.3 Å². The predicted octanol–water partition coefficient (Wildman–Crippen LogP) is 5.74. The van der Waals surface area contributed by atoms with Crippen molar-refractivity contribution >= 4 is 11.6 Å². The zero-order valence-electron chi connectivity index (χ0n) is 15.9. The SMILES string of the molecule is CNCCCCOc1c(C(C)C)cc(Cl)c(C)c1Cc1ccccc1. The molecule has 0 unspecified atom stereocenters. The molecule has 0 radical (unpaired) electrons. The lowest BCUT2D eigenvalue weighted by molar-refractivity contribution is 0.299. The van der Waals surface area contributed by atoms with E-state index < -0.39 is 0 Å². The van der Waals surface area contributed by atoms with Gasteiger partial charge in [-0.05, 0) is 62.0 Å². The van der Waals surface area contributed by atoms with E-state index in [1.807, 2.05) is 13.1 Å². The first-order valence-electron chi connectivity index (χ1n) is 9.17. The molecule has 3 heteroatoms. The summed E-state index contributed by atoms with van der Waals surface area (Å²) in [4.78, 5) is 0. The lowest BCUT2D eigenvalue weighted by Gasteiger charge is -2.21. The van der Waals surface area contributed by atoms with Crippen LogP contribution in [0.3, 0.4) is 0 Å². The third-order valence-electron chi connectivity index (χ3n) is 4.54. The van der Waals surface area contributed by atoms with Gasteiger partial charge in [-0.2, -0.15) is 0 Å². The third-order valence-corrected chi connectivity index (χ3v) is 4.94. The first kappa shape index (κ1) is 19.8. The molecule has 0 aliphatic rings. The minimum absolute atomic E-state index is 0.375. The molecule has 2 aromatic rings. The maximum Gasteiger partial charge on any atom is 0.126 e. The normalized spacial score (nSPS) is 11.1. The van der Waals surface area contributed by atoms with Gasteiger partial charge in [0.25, 0.3) is 0 Å². The predicted molar refractivity (Wildman–Crippen MR) is 108 cm³/mol. The quantitative estimate of drug-likeness (QED) is 0.576. The highest BCUT2D eigenvalue weighted by Crippen LogP contribution is 2.38. The fourth-order valence-corrected chi connectivity index (χ4v) is 3.22. The molecular formula is C22H30ClNO. The van der Waals surface area contributed by atoms with Crippen molar-refractivity contribution in [3.05, 3.63) is 63.7 Å². The van der Waals surface area contributed by atoms with Gasteiger partial charge in [0.2, 0.25) is 0 Å². The van der Waals surface area contributed by atoms with Crippen LogP contribution in [0, 0.1) is 6.92 Å². The van der Waals surface area contributed by atoms with Gasteiger partial charge in [0.1, 0.15) is 5.75 Å². The van der Waals surface area contributed by atoms with Gasteiger partial charge in [-0.25, -0.2) is 0 Å². The molecular weight excluding hydrogens is 330 g/mol. The van der Waals surface area contributed by atoms with Crippen molar-refractivity contribution in [3.63, 3.8) is 0 Å². The van der Waals surface area contributed by atoms with E-state index in [-0.39, 0.29) is 0 Å². The maximum absolute atomic E-state index is 6.54. The highest BCUT2D eigenvalue weighted by atomic mass is 35.5. The minimum atomic E-state index is 0.375. The molecule has 0 aromatic heterocycles. The van der Waals surface area contributed by atoms with Gasteiger partial charge in [0.15, 0.2) is 0 Å².